The second-order valence-electron chi connectivity index (χ2n) is 11.5. The van der Waals surface area contributed by atoms with Gasteiger partial charge in [-0.2, -0.15) is 0 Å². The Bertz CT molecular complexity index is 726. The zero-order chi connectivity index (χ0) is 21.2. The van der Waals surface area contributed by atoms with Crippen LogP contribution in [0, 0.1) is 39.9 Å². The Balaban J connectivity index is 1.65. The Labute approximate surface area is 175 Å². The van der Waals surface area contributed by atoms with Gasteiger partial charge in [-0.25, -0.2) is 0 Å². The fourth-order valence-electron chi connectivity index (χ4n) is 8.26. The van der Waals surface area contributed by atoms with Crippen molar-refractivity contribution in [1.82, 2.24) is 0 Å². The number of fused-ring (bicyclic) bond motifs is 3. The maximum absolute atomic E-state index is 12.7. The van der Waals surface area contributed by atoms with Crippen molar-refractivity contribution in [3.8, 4) is 0 Å². The van der Waals surface area contributed by atoms with E-state index in [1.807, 2.05) is 20.8 Å². The van der Waals surface area contributed by atoms with Gasteiger partial charge in [-0.05, 0) is 92.8 Å². The second kappa shape index (κ2) is 6.85. The summed E-state index contributed by atoms with van der Waals surface area (Å²) in [6, 6.07) is 0. The summed E-state index contributed by atoms with van der Waals surface area (Å²) in [5, 5.41) is 10.4. The van der Waals surface area contributed by atoms with Crippen LogP contribution in [0.4, 0.5) is 0 Å². The van der Waals surface area contributed by atoms with Crippen LogP contribution < -0.4 is 0 Å². The zero-order valence-corrected chi connectivity index (χ0v) is 18.6. The normalized spacial score (nSPS) is 46.2. The minimum absolute atomic E-state index is 0.00192. The molecule has 0 aromatic heterocycles. The van der Waals surface area contributed by atoms with Crippen LogP contribution in [0.5, 0.6) is 0 Å². The minimum atomic E-state index is -1.01. The fourth-order valence-corrected chi connectivity index (χ4v) is 8.26. The van der Waals surface area contributed by atoms with Crippen molar-refractivity contribution in [2.75, 3.05) is 0 Å². The van der Waals surface area contributed by atoms with Crippen LogP contribution in [0.2, 0.25) is 0 Å². The number of aliphatic carboxylic acids is 1. The van der Waals surface area contributed by atoms with Crippen molar-refractivity contribution >= 4 is 11.9 Å². The molecule has 4 fully saturated rings. The number of rotatable bonds is 4. The Morgan fingerprint density at radius 3 is 2.52 bits per heavy atom. The Morgan fingerprint density at radius 2 is 1.86 bits per heavy atom. The van der Waals surface area contributed by atoms with Gasteiger partial charge in [-0.1, -0.05) is 32.9 Å². The van der Waals surface area contributed by atoms with E-state index in [0.717, 1.165) is 25.7 Å². The third-order valence-corrected chi connectivity index (χ3v) is 9.52. The van der Waals surface area contributed by atoms with Gasteiger partial charge in [0.05, 0.1) is 0 Å². The largest absolute Gasteiger partial charge is 0.481 e. The van der Waals surface area contributed by atoms with Crippen LogP contribution in [0.15, 0.2) is 12.2 Å². The molecule has 4 aliphatic rings. The number of esters is 1. The minimum Gasteiger partial charge on any atom is -0.481 e. The summed E-state index contributed by atoms with van der Waals surface area (Å²) in [6.07, 6.45) is 8.29. The highest BCUT2D eigenvalue weighted by atomic mass is 16.5. The van der Waals surface area contributed by atoms with Gasteiger partial charge in [0, 0.05) is 6.42 Å². The molecule has 4 aliphatic carbocycles. The highest BCUT2D eigenvalue weighted by Crippen LogP contribution is 2.72. The number of hydrogen-bond acceptors (Lipinski definition) is 3. The van der Waals surface area contributed by atoms with E-state index in [9.17, 15) is 14.7 Å². The second-order valence-corrected chi connectivity index (χ2v) is 11.5. The standard InChI is InChI=1S/C25H38O4/c1-15(2)12-21(26)29-20-9-10-23(4)18(24(20,5)22(27)28)8-11-25-13-16(3)17(14-25)6-7-19(23)25/h15,17-20H,3,6-14H2,1-2,4-5H3,(H,27,28). The van der Waals surface area contributed by atoms with E-state index in [-0.39, 0.29) is 23.2 Å². The molecule has 1 N–H and O–H groups in total. The van der Waals surface area contributed by atoms with Crippen molar-refractivity contribution in [3.05, 3.63) is 12.2 Å². The number of carbonyl (C=O) groups excluding carboxylic acids is 1. The Morgan fingerprint density at radius 1 is 1.14 bits per heavy atom. The molecule has 4 heteroatoms. The third-order valence-electron chi connectivity index (χ3n) is 9.52. The van der Waals surface area contributed by atoms with Crippen LogP contribution in [-0.2, 0) is 14.3 Å². The molecule has 0 aliphatic heterocycles. The zero-order valence-electron chi connectivity index (χ0n) is 18.6. The molecule has 162 valence electrons. The lowest BCUT2D eigenvalue weighted by Gasteiger charge is -2.64. The van der Waals surface area contributed by atoms with Crippen LogP contribution in [0.3, 0.4) is 0 Å². The van der Waals surface area contributed by atoms with E-state index in [4.69, 9.17) is 4.74 Å². The molecule has 4 nitrogen and oxygen atoms in total. The van der Waals surface area contributed by atoms with E-state index >= 15 is 0 Å². The molecule has 0 radical (unpaired) electrons. The summed E-state index contributed by atoms with van der Waals surface area (Å²) in [5.74, 6) is 0.477. The van der Waals surface area contributed by atoms with Gasteiger partial charge in [0.15, 0.2) is 0 Å². The molecule has 4 rings (SSSR count). The molecule has 1 spiro atoms. The summed E-state index contributed by atoms with van der Waals surface area (Å²) >= 11 is 0. The van der Waals surface area contributed by atoms with E-state index in [0.29, 0.717) is 30.1 Å². The lowest BCUT2D eigenvalue weighted by molar-refractivity contribution is -0.213. The maximum Gasteiger partial charge on any atom is 0.313 e. The molecule has 0 aromatic rings. The first-order valence-electron chi connectivity index (χ1n) is 11.6. The van der Waals surface area contributed by atoms with Gasteiger partial charge in [0.2, 0.25) is 0 Å². The highest BCUT2D eigenvalue weighted by Gasteiger charge is 2.67. The molecule has 7 unspecified atom stereocenters. The molecular formula is C25H38O4. The van der Waals surface area contributed by atoms with Crippen molar-refractivity contribution in [1.29, 1.82) is 0 Å². The summed E-state index contributed by atoms with van der Waals surface area (Å²) in [4.78, 5) is 25.1. The lowest BCUT2D eigenvalue weighted by Crippen LogP contribution is -2.63. The molecule has 7 atom stereocenters. The van der Waals surface area contributed by atoms with Gasteiger partial charge in [-0.3, -0.25) is 9.59 Å². The number of ether oxygens (including phenoxy) is 1. The average molecular weight is 403 g/mol. The summed E-state index contributed by atoms with van der Waals surface area (Å²) in [5.41, 5.74) is 0.772. The van der Waals surface area contributed by atoms with E-state index in [1.54, 1.807) is 0 Å². The van der Waals surface area contributed by atoms with E-state index in [1.165, 1.54) is 24.8 Å². The number of carbonyl (C=O) groups is 2. The van der Waals surface area contributed by atoms with Crippen LogP contribution in [0.25, 0.3) is 0 Å². The molecule has 4 saturated carbocycles. The topological polar surface area (TPSA) is 63.6 Å². The number of carboxylic acid groups (broad SMARTS) is 1. The van der Waals surface area contributed by atoms with Gasteiger partial charge in [-0.15, -0.1) is 0 Å². The predicted octanol–water partition coefficient (Wildman–Crippen LogP) is 5.61. The van der Waals surface area contributed by atoms with Gasteiger partial charge in [0.1, 0.15) is 11.5 Å². The quantitative estimate of drug-likeness (QED) is 0.490. The molecule has 0 aromatic carbocycles. The summed E-state index contributed by atoms with van der Waals surface area (Å²) in [7, 11) is 0. The predicted molar refractivity (Wildman–Crippen MR) is 112 cm³/mol. The Hall–Kier alpha value is -1.32. The fraction of sp³-hybridized carbons (Fsp3) is 0.840. The molecule has 2 bridgehead atoms. The van der Waals surface area contributed by atoms with E-state index < -0.39 is 17.5 Å². The first kappa shape index (κ1) is 20.9. The first-order chi connectivity index (χ1) is 13.5. The van der Waals surface area contributed by atoms with E-state index in [2.05, 4.69) is 13.5 Å². The highest BCUT2D eigenvalue weighted by molar-refractivity contribution is 5.77. The maximum atomic E-state index is 12.7. The molecule has 0 amide bonds. The Kier molecular flexibility index (Phi) is 4.94. The molecule has 0 heterocycles. The van der Waals surface area contributed by atoms with Crippen molar-refractivity contribution in [3.63, 3.8) is 0 Å². The van der Waals surface area contributed by atoms with Crippen LogP contribution in [-0.4, -0.2) is 23.1 Å². The number of hydrogen-bond donors (Lipinski definition) is 1. The third kappa shape index (κ3) is 2.99. The van der Waals surface area contributed by atoms with Gasteiger partial charge >= 0.3 is 11.9 Å². The van der Waals surface area contributed by atoms with Crippen molar-refractivity contribution in [2.45, 2.75) is 91.6 Å². The number of carboxylic acids is 1. The van der Waals surface area contributed by atoms with Crippen molar-refractivity contribution < 1.29 is 19.4 Å². The SMILES string of the molecule is C=C1CC23CCC4C(C)(CCC(OC(=O)CC(C)C)C4(C)C(=O)O)C2CCC1C3. The van der Waals surface area contributed by atoms with Crippen molar-refractivity contribution in [2.24, 2.45) is 39.9 Å². The van der Waals surface area contributed by atoms with Gasteiger partial charge < -0.3 is 9.84 Å². The van der Waals surface area contributed by atoms with Gasteiger partial charge in [0.25, 0.3) is 0 Å². The monoisotopic (exact) mass is 402 g/mol. The lowest BCUT2D eigenvalue weighted by atomic mass is 9.40. The van der Waals surface area contributed by atoms with Crippen LogP contribution in [0.1, 0.15) is 85.5 Å². The molecule has 29 heavy (non-hydrogen) atoms. The molecular weight excluding hydrogens is 364 g/mol. The molecule has 0 saturated heterocycles. The number of allylic oxidation sites excluding steroid dienone is 1. The smallest absolute Gasteiger partial charge is 0.313 e. The summed E-state index contributed by atoms with van der Waals surface area (Å²) in [6.45, 7) is 12.6. The van der Waals surface area contributed by atoms with Crippen LogP contribution >= 0.6 is 0 Å². The summed E-state index contributed by atoms with van der Waals surface area (Å²) < 4.78 is 5.85. The average Bonchev–Trinajstić information content (AvgIpc) is 2.85. The first-order valence-corrected chi connectivity index (χ1v) is 11.6.